The first-order valence-corrected chi connectivity index (χ1v) is 10.3. The van der Waals surface area contributed by atoms with E-state index < -0.39 is 5.60 Å². The standard InChI is InChI=1S/C23H29NO3/c1-2-23(27)12-6-9-17-14-24(15-20(17)23)22(26)13-19-18(10-11-21(19)25)16-7-4-3-5-8-16/h3-5,7-8,17,20,27H,2,6,9-15H2,1H3/t17-,20+,23-/m0/s1. The number of carbonyl (C=O) groups excluding carboxylic acids is 2. The molecule has 27 heavy (non-hydrogen) atoms. The summed E-state index contributed by atoms with van der Waals surface area (Å²) in [6.07, 6.45) is 5.16. The highest BCUT2D eigenvalue weighted by molar-refractivity contribution is 6.10. The average molecular weight is 367 g/mol. The summed E-state index contributed by atoms with van der Waals surface area (Å²) in [6, 6.07) is 9.95. The zero-order valence-electron chi connectivity index (χ0n) is 16.1. The largest absolute Gasteiger partial charge is 0.390 e. The van der Waals surface area contributed by atoms with Crippen molar-refractivity contribution in [3.05, 3.63) is 41.5 Å². The number of hydrogen-bond donors (Lipinski definition) is 1. The third-order valence-electron chi connectivity index (χ3n) is 7.03. The normalized spacial score (nSPS) is 30.7. The van der Waals surface area contributed by atoms with Crippen LogP contribution in [0.4, 0.5) is 0 Å². The van der Waals surface area contributed by atoms with Crippen molar-refractivity contribution in [3.63, 3.8) is 0 Å². The number of carbonyl (C=O) groups is 2. The van der Waals surface area contributed by atoms with E-state index in [9.17, 15) is 14.7 Å². The van der Waals surface area contributed by atoms with Crippen molar-refractivity contribution < 1.29 is 14.7 Å². The van der Waals surface area contributed by atoms with Gasteiger partial charge in [0.15, 0.2) is 5.78 Å². The van der Waals surface area contributed by atoms with Crippen LogP contribution in [0.5, 0.6) is 0 Å². The monoisotopic (exact) mass is 367 g/mol. The van der Waals surface area contributed by atoms with Crippen LogP contribution in [-0.4, -0.2) is 40.4 Å². The van der Waals surface area contributed by atoms with Gasteiger partial charge in [-0.15, -0.1) is 0 Å². The second-order valence-corrected chi connectivity index (χ2v) is 8.44. The lowest BCUT2D eigenvalue weighted by atomic mass is 9.69. The Hall–Kier alpha value is -1.94. The molecule has 0 radical (unpaired) electrons. The van der Waals surface area contributed by atoms with Gasteiger partial charge in [0, 0.05) is 31.0 Å². The number of allylic oxidation sites excluding steroid dienone is 1. The first-order chi connectivity index (χ1) is 13.0. The smallest absolute Gasteiger partial charge is 0.227 e. The Morgan fingerprint density at radius 2 is 2.00 bits per heavy atom. The molecule has 1 saturated heterocycles. The maximum atomic E-state index is 13.0. The Kier molecular flexibility index (Phi) is 4.94. The van der Waals surface area contributed by atoms with E-state index in [0.717, 1.165) is 49.8 Å². The van der Waals surface area contributed by atoms with Crippen LogP contribution in [0.1, 0.15) is 57.4 Å². The predicted molar refractivity (Wildman–Crippen MR) is 105 cm³/mol. The van der Waals surface area contributed by atoms with Gasteiger partial charge in [-0.1, -0.05) is 43.7 Å². The lowest BCUT2D eigenvalue weighted by Crippen LogP contribution is -2.44. The van der Waals surface area contributed by atoms with Crippen molar-refractivity contribution >= 4 is 17.3 Å². The number of likely N-dealkylation sites (tertiary alicyclic amines) is 1. The summed E-state index contributed by atoms with van der Waals surface area (Å²) in [6.45, 7) is 3.41. The van der Waals surface area contributed by atoms with E-state index in [2.05, 4.69) is 0 Å². The molecule has 1 N–H and O–H groups in total. The molecular formula is C23H29NO3. The molecule has 1 amide bonds. The Morgan fingerprint density at radius 1 is 1.22 bits per heavy atom. The average Bonchev–Trinajstić information content (AvgIpc) is 3.28. The SMILES string of the molecule is CC[C@]1(O)CCC[C@H]2CN(C(=O)CC3=C(c4ccccc4)CCC3=O)C[C@H]21. The number of ketones is 1. The topological polar surface area (TPSA) is 57.6 Å². The quantitative estimate of drug-likeness (QED) is 0.885. The molecule has 0 unspecified atom stereocenters. The van der Waals surface area contributed by atoms with Gasteiger partial charge in [0.25, 0.3) is 0 Å². The fraction of sp³-hybridized carbons (Fsp3) is 0.565. The van der Waals surface area contributed by atoms with Crippen LogP contribution < -0.4 is 0 Å². The van der Waals surface area contributed by atoms with Gasteiger partial charge < -0.3 is 10.0 Å². The van der Waals surface area contributed by atoms with Gasteiger partial charge in [-0.3, -0.25) is 9.59 Å². The van der Waals surface area contributed by atoms with Gasteiger partial charge in [-0.2, -0.15) is 0 Å². The molecule has 4 heteroatoms. The first-order valence-electron chi connectivity index (χ1n) is 10.3. The van der Waals surface area contributed by atoms with Crippen molar-refractivity contribution in [1.82, 2.24) is 4.90 Å². The van der Waals surface area contributed by atoms with Crippen molar-refractivity contribution in [2.75, 3.05) is 13.1 Å². The van der Waals surface area contributed by atoms with Crippen LogP contribution in [0, 0.1) is 11.8 Å². The Bertz CT molecular complexity index is 769. The highest BCUT2D eigenvalue weighted by atomic mass is 16.3. The fourth-order valence-corrected chi connectivity index (χ4v) is 5.41. The molecule has 1 aromatic carbocycles. The second-order valence-electron chi connectivity index (χ2n) is 8.44. The number of fused-ring (bicyclic) bond motifs is 1. The van der Waals surface area contributed by atoms with Crippen LogP contribution in [0.2, 0.25) is 0 Å². The molecule has 0 aromatic heterocycles. The Balaban J connectivity index is 1.51. The van der Waals surface area contributed by atoms with E-state index in [1.807, 2.05) is 42.2 Å². The van der Waals surface area contributed by atoms with Crippen LogP contribution in [0.15, 0.2) is 35.9 Å². The van der Waals surface area contributed by atoms with Crippen LogP contribution in [0.25, 0.3) is 5.57 Å². The summed E-state index contributed by atoms with van der Waals surface area (Å²) in [5.74, 6) is 0.738. The number of amides is 1. The Morgan fingerprint density at radius 3 is 2.74 bits per heavy atom. The molecule has 4 rings (SSSR count). The summed E-state index contributed by atoms with van der Waals surface area (Å²) in [7, 11) is 0. The molecule has 1 aliphatic heterocycles. The van der Waals surface area contributed by atoms with Crippen molar-refractivity contribution in [2.24, 2.45) is 11.8 Å². The van der Waals surface area contributed by atoms with E-state index in [-0.39, 0.29) is 24.0 Å². The summed E-state index contributed by atoms with van der Waals surface area (Å²) in [4.78, 5) is 27.4. The highest BCUT2D eigenvalue weighted by Gasteiger charge is 2.48. The minimum absolute atomic E-state index is 0.0431. The van der Waals surface area contributed by atoms with Gasteiger partial charge in [-0.05, 0) is 42.7 Å². The molecule has 3 atom stereocenters. The maximum Gasteiger partial charge on any atom is 0.227 e. The predicted octanol–water partition coefficient (Wildman–Crippen LogP) is 3.59. The first kappa shape index (κ1) is 18.4. The summed E-state index contributed by atoms with van der Waals surface area (Å²) in [5.41, 5.74) is 2.17. The molecule has 144 valence electrons. The molecular weight excluding hydrogens is 338 g/mol. The fourth-order valence-electron chi connectivity index (χ4n) is 5.41. The molecule has 2 aliphatic carbocycles. The highest BCUT2D eigenvalue weighted by Crippen LogP contribution is 2.44. The van der Waals surface area contributed by atoms with Crippen molar-refractivity contribution in [1.29, 1.82) is 0 Å². The summed E-state index contributed by atoms with van der Waals surface area (Å²) < 4.78 is 0. The third kappa shape index (κ3) is 3.36. The number of rotatable bonds is 4. The number of aliphatic hydroxyl groups is 1. The van der Waals surface area contributed by atoms with Gasteiger partial charge >= 0.3 is 0 Å². The minimum Gasteiger partial charge on any atom is -0.390 e. The zero-order valence-corrected chi connectivity index (χ0v) is 16.1. The van der Waals surface area contributed by atoms with Gasteiger partial charge in [0.1, 0.15) is 0 Å². The summed E-state index contributed by atoms with van der Waals surface area (Å²) >= 11 is 0. The number of benzene rings is 1. The second kappa shape index (κ2) is 7.23. The van der Waals surface area contributed by atoms with Crippen LogP contribution >= 0.6 is 0 Å². The lowest BCUT2D eigenvalue weighted by Gasteiger charge is -2.40. The van der Waals surface area contributed by atoms with E-state index in [0.29, 0.717) is 24.5 Å². The van der Waals surface area contributed by atoms with Crippen LogP contribution in [-0.2, 0) is 9.59 Å². The molecule has 0 bridgehead atoms. The van der Waals surface area contributed by atoms with E-state index >= 15 is 0 Å². The van der Waals surface area contributed by atoms with E-state index in [1.54, 1.807) is 0 Å². The molecule has 3 aliphatic rings. The van der Waals surface area contributed by atoms with Gasteiger partial charge in [-0.25, -0.2) is 0 Å². The van der Waals surface area contributed by atoms with E-state index in [4.69, 9.17) is 0 Å². The molecule has 4 nitrogen and oxygen atoms in total. The number of hydrogen-bond acceptors (Lipinski definition) is 3. The summed E-state index contributed by atoms with van der Waals surface area (Å²) in [5, 5.41) is 11.0. The van der Waals surface area contributed by atoms with Crippen LogP contribution in [0.3, 0.4) is 0 Å². The van der Waals surface area contributed by atoms with Gasteiger partial charge in [0.05, 0.1) is 12.0 Å². The van der Waals surface area contributed by atoms with Crippen molar-refractivity contribution in [3.8, 4) is 0 Å². The van der Waals surface area contributed by atoms with Crippen molar-refractivity contribution in [2.45, 2.75) is 57.5 Å². The molecule has 1 saturated carbocycles. The molecule has 1 heterocycles. The molecule has 1 aromatic rings. The number of Topliss-reactive ketones (excluding diaryl/α,β-unsaturated/α-hetero) is 1. The molecule has 0 spiro atoms. The minimum atomic E-state index is -0.629. The lowest BCUT2D eigenvalue weighted by molar-refractivity contribution is -0.131. The zero-order chi connectivity index (χ0) is 19.0. The number of nitrogens with zero attached hydrogens (tertiary/aromatic N) is 1. The maximum absolute atomic E-state index is 13.0. The molecule has 2 fully saturated rings. The Labute approximate surface area is 161 Å². The van der Waals surface area contributed by atoms with Gasteiger partial charge in [0.2, 0.25) is 5.91 Å². The third-order valence-corrected chi connectivity index (χ3v) is 7.03. The van der Waals surface area contributed by atoms with E-state index in [1.165, 1.54) is 0 Å².